The Morgan fingerprint density at radius 3 is 2.39 bits per heavy atom. The Bertz CT molecular complexity index is 1470. The third kappa shape index (κ3) is 2.95. The smallest absolute Gasteiger partial charge is 0.282 e. The lowest BCUT2D eigenvalue weighted by atomic mass is 9.86. The maximum absolute atomic E-state index is 13.5. The standard InChI is InChI=1S/C25H17N3O8/c1-34-15-8-6-14(7-9-15)26-21(13-5-10-18-19(11-13)36-12-35-18)22(25(26)31)27-23(29)16-3-2-4-17(28(32)33)20(16)24(27)30/h2-11,21-22H,12H2,1H3/t21-,22+/m0/s1. The van der Waals surface area contributed by atoms with Crippen molar-refractivity contribution in [2.24, 2.45) is 0 Å². The van der Waals surface area contributed by atoms with Crippen molar-refractivity contribution in [3.63, 3.8) is 0 Å². The molecule has 11 heteroatoms. The molecule has 0 aromatic heterocycles. The Kier molecular flexibility index (Phi) is 4.68. The molecule has 0 radical (unpaired) electrons. The van der Waals surface area contributed by atoms with Crippen molar-refractivity contribution >= 4 is 29.1 Å². The van der Waals surface area contributed by atoms with E-state index in [0.717, 1.165) is 11.0 Å². The van der Waals surface area contributed by atoms with Crippen LogP contribution in [-0.2, 0) is 4.79 Å². The van der Waals surface area contributed by atoms with Crippen LogP contribution in [0.4, 0.5) is 11.4 Å². The van der Waals surface area contributed by atoms with Gasteiger partial charge in [-0.2, -0.15) is 0 Å². The van der Waals surface area contributed by atoms with E-state index in [0.29, 0.717) is 28.5 Å². The summed E-state index contributed by atoms with van der Waals surface area (Å²) in [6, 6.07) is 13.8. The lowest BCUT2D eigenvalue weighted by molar-refractivity contribution is -0.385. The molecule has 0 unspecified atom stereocenters. The molecule has 3 amide bonds. The minimum atomic E-state index is -1.21. The van der Waals surface area contributed by atoms with E-state index in [4.69, 9.17) is 14.2 Å². The van der Waals surface area contributed by atoms with Gasteiger partial charge in [-0.25, -0.2) is 0 Å². The van der Waals surface area contributed by atoms with Crippen LogP contribution >= 0.6 is 0 Å². The number of ether oxygens (including phenoxy) is 3. The number of methoxy groups -OCH3 is 1. The Morgan fingerprint density at radius 1 is 0.917 bits per heavy atom. The van der Waals surface area contributed by atoms with Crippen LogP contribution in [0.3, 0.4) is 0 Å². The molecule has 3 aliphatic rings. The predicted molar refractivity (Wildman–Crippen MR) is 123 cm³/mol. The molecule has 3 aromatic carbocycles. The number of nitro benzene ring substituents is 1. The molecule has 3 heterocycles. The van der Waals surface area contributed by atoms with Gasteiger partial charge < -0.3 is 19.1 Å². The number of carbonyl (C=O) groups is 3. The molecule has 0 aliphatic carbocycles. The highest BCUT2D eigenvalue weighted by Crippen LogP contribution is 2.47. The second-order valence-corrected chi connectivity index (χ2v) is 8.35. The van der Waals surface area contributed by atoms with Crippen LogP contribution in [0.25, 0.3) is 0 Å². The summed E-state index contributed by atoms with van der Waals surface area (Å²) in [7, 11) is 1.52. The molecule has 180 valence electrons. The highest BCUT2D eigenvalue weighted by molar-refractivity contribution is 6.26. The van der Waals surface area contributed by atoms with Crippen molar-refractivity contribution in [3.8, 4) is 17.2 Å². The Morgan fingerprint density at radius 2 is 1.67 bits per heavy atom. The maximum atomic E-state index is 13.5. The van der Waals surface area contributed by atoms with Crippen molar-refractivity contribution in [1.29, 1.82) is 0 Å². The molecule has 11 nitrogen and oxygen atoms in total. The molecular weight excluding hydrogens is 470 g/mol. The van der Waals surface area contributed by atoms with Crippen molar-refractivity contribution in [2.45, 2.75) is 12.1 Å². The van der Waals surface area contributed by atoms with E-state index >= 15 is 0 Å². The number of anilines is 1. The monoisotopic (exact) mass is 487 g/mol. The first-order valence-electron chi connectivity index (χ1n) is 10.9. The number of amides is 3. The lowest BCUT2D eigenvalue weighted by Gasteiger charge is -2.49. The Balaban J connectivity index is 1.44. The normalized spacial score (nSPS) is 19.9. The highest BCUT2D eigenvalue weighted by Gasteiger charge is 2.58. The zero-order valence-electron chi connectivity index (χ0n) is 18.7. The number of hydrogen-bond donors (Lipinski definition) is 0. The number of rotatable bonds is 5. The largest absolute Gasteiger partial charge is 0.497 e. The third-order valence-corrected chi connectivity index (χ3v) is 6.56. The molecule has 0 saturated carbocycles. The summed E-state index contributed by atoms with van der Waals surface area (Å²) in [5.41, 5.74) is 0.238. The fourth-order valence-electron chi connectivity index (χ4n) is 4.87. The molecule has 0 bridgehead atoms. The van der Waals surface area contributed by atoms with Crippen LogP contribution < -0.4 is 19.1 Å². The molecule has 36 heavy (non-hydrogen) atoms. The first kappa shape index (κ1) is 21.6. The first-order chi connectivity index (χ1) is 17.4. The topological polar surface area (TPSA) is 129 Å². The molecule has 0 spiro atoms. The number of carbonyl (C=O) groups excluding carboxylic acids is 3. The van der Waals surface area contributed by atoms with Crippen molar-refractivity contribution in [2.75, 3.05) is 18.8 Å². The molecule has 2 atom stereocenters. The summed E-state index contributed by atoms with van der Waals surface area (Å²) in [4.78, 5) is 53.3. The quantitative estimate of drug-likeness (QED) is 0.232. The number of nitro groups is 1. The van der Waals surface area contributed by atoms with Crippen LogP contribution in [0.15, 0.2) is 60.7 Å². The molecule has 1 saturated heterocycles. The van der Waals surface area contributed by atoms with Gasteiger partial charge in [0.15, 0.2) is 11.5 Å². The second kappa shape index (κ2) is 7.80. The number of fused-ring (bicyclic) bond motifs is 2. The highest BCUT2D eigenvalue weighted by atomic mass is 16.7. The summed E-state index contributed by atoms with van der Waals surface area (Å²) < 4.78 is 16.1. The molecule has 1 fully saturated rings. The van der Waals surface area contributed by atoms with E-state index < -0.39 is 40.4 Å². The van der Waals surface area contributed by atoms with Crippen LogP contribution in [0.1, 0.15) is 32.3 Å². The minimum absolute atomic E-state index is 0.0517. The average Bonchev–Trinajstić information content (AvgIpc) is 3.45. The number of benzene rings is 3. The summed E-state index contributed by atoms with van der Waals surface area (Å²) in [6.07, 6.45) is 0. The van der Waals surface area contributed by atoms with Gasteiger partial charge in [-0.3, -0.25) is 29.4 Å². The minimum Gasteiger partial charge on any atom is -0.497 e. The van der Waals surface area contributed by atoms with Crippen LogP contribution in [-0.4, -0.2) is 47.5 Å². The maximum Gasteiger partial charge on any atom is 0.282 e. The van der Waals surface area contributed by atoms with Crippen molar-refractivity contribution < 1.29 is 33.5 Å². The molecule has 3 aliphatic heterocycles. The van der Waals surface area contributed by atoms with E-state index in [2.05, 4.69) is 0 Å². The van der Waals surface area contributed by atoms with E-state index in [1.54, 1.807) is 42.5 Å². The van der Waals surface area contributed by atoms with Gasteiger partial charge in [0.05, 0.1) is 23.6 Å². The summed E-state index contributed by atoms with van der Waals surface area (Å²) in [5, 5.41) is 11.5. The SMILES string of the molecule is COc1ccc(N2C(=O)[C@H](N3C(=O)c4cccc([N+](=O)[O-])c4C3=O)[C@@H]2c2ccc3c(c2)OCO3)cc1. The van der Waals surface area contributed by atoms with Crippen LogP contribution in [0.5, 0.6) is 17.2 Å². The van der Waals surface area contributed by atoms with Gasteiger partial charge >= 0.3 is 0 Å². The fraction of sp³-hybridized carbons (Fsp3) is 0.160. The van der Waals surface area contributed by atoms with Crippen LogP contribution in [0.2, 0.25) is 0 Å². The van der Waals surface area contributed by atoms with Gasteiger partial charge in [0, 0.05) is 11.8 Å². The molecule has 6 rings (SSSR count). The Labute approximate surface area is 203 Å². The van der Waals surface area contributed by atoms with Gasteiger partial charge in [-0.1, -0.05) is 12.1 Å². The third-order valence-electron chi connectivity index (χ3n) is 6.56. The van der Waals surface area contributed by atoms with E-state index in [-0.39, 0.29) is 17.9 Å². The van der Waals surface area contributed by atoms with Crippen molar-refractivity contribution in [3.05, 3.63) is 87.5 Å². The summed E-state index contributed by atoms with van der Waals surface area (Å²) in [6.45, 7) is 0.0517. The van der Waals surface area contributed by atoms with Gasteiger partial charge in [-0.05, 0) is 48.0 Å². The first-order valence-corrected chi connectivity index (χ1v) is 10.9. The number of hydrogen-bond acceptors (Lipinski definition) is 8. The summed E-state index contributed by atoms with van der Waals surface area (Å²) in [5.74, 6) is -0.528. The summed E-state index contributed by atoms with van der Waals surface area (Å²) >= 11 is 0. The Hall–Kier alpha value is -4.93. The van der Waals surface area contributed by atoms with Gasteiger partial charge in [0.25, 0.3) is 23.4 Å². The lowest BCUT2D eigenvalue weighted by Crippen LogP contribution is -2.67. The van der Waals surface area contributed by atoms with Gasteiger partial charge in [0.1, 0.15) is 17.4 Å². The average molecular weight is 487 g/mol. The van der Waals surface area contributed by atoms with Gasteiger partial charge in [0.2, 0.25) is 6.79 Å². The van der Waals surface area contributed by atoms with Crippen LogP contribution in [0, 0.1) is 10.1 Å². The van der Waals surface area contributed by atoms with E-state index in [1.165, 1.54) is 24.1 Å². The number of β-lactam (4-membered cyclic amide) rings is 1. The zero-order chi connectivity index (χ0) is 25.1. The molecular formula is C25H17N3O8. The number of imide groups is 1. The van der Waals surface area contributed by atoms with E-state index in [1.807, 2.05) is 0 Å². The zero-order valence-corrected chi connectivity index (χ0v) is 18.7. The fourth-order valence-corrected chi connectivity index (χ4v) is 4.87. The number of nitrogens with zero attached hydrogens (tertiary/aromatic N) is 3. The van der Waals surface area contributed by atoms with Gasteiger partial charge in [-0.15, -0.1) is 0 Å². The predicted octanol–water partition coefficient (Wildman–Crippen LogP) is 3.08. The second-order valence-electron chi connectivity index (χ2n) is 8.35. The van der Waals surface area contributed by atoms with E-state index in [9.17, 15) is 24.5 Å². The molecule has 0 N–H and O–H groups in total. The van der Waals surface area contributed by atoms with Crippen molar-refractivity contribution in [1.82, 2.24) is 4.90 Å². The molecule has 3 aromatic rings.